The molecule has 0 bridgehead atoms. The molecule has 0 aliphatic rings. The molecule has 2 aromatic heterocycles. The van der Waals surface area contributed by atoms with Crippen molar-refractivity contribution in [1.82, 2.24) is 14.4 Å². The van der Waals surface area contributed by atoms with Gasteiger partial charge in [0.1, 0.15) is 0 Å². The van der Waals surface area contributed by atoms with Crippen LogP contribution in [0.5, 0.6) is 0 Å². The zero-order valence-corrected chi connectivity index (χ0v) is 14.2. The monoisotopic (exact) mass is 371 g/mol. The Kier molecular flexibility index (Phi) is 4.00. The number of anilines is 1. The number of alkyl halides is 3. The van der Waals surface area contributed by atoms with Gasteiger partial charge in [0.25, 0.3) is 0 Å². The van der Waals surface area contributed by atoms with E-state index in [-0.39, 0.29) is 5.82 Å². The average molecular weight is 371 g/mol. The predicted molar refractivity (Wildman–Crippen MR) is 98.1 cm³/mol. The van der Waals surface area contributed by atoms with Crippen molar-refractivity contribution in [3.63, 3.8) is 0 Å². The van der Waals surface area contributed by atoms with Crippen LogP contribution in [0.1, 0.15) is 11.3 Å². The molecule has 5 nitrogen and oxygen atoms in total. The summed E-state index contributed by atoms with van der Waals surface area (Å²) in [4.78, 5) is 8.95. The maximum absolute atomic E-state index is 12.9. The summed E-state index contributed by atoms with van der Waals surface area (Å²) in [5, 5.41) is 0. The highest BCUT2D eigenvalue weighted by atomic mass is 19.4. The average Bonchev–Trinajstić information content (AvgIpc) is 3.02. The van der Waals surface area contributed by atoms with Gasteiger partial charge in [-0.3, -0.25) is 4.40 Å². The molecule has 4 N–H and O–H groups in total. The van der Waals surface area contributed by atoms with Crippen LogP contribution >= 0.6 is 0 Å². The molecule has 2 aromatic carbocycles. The van der Waals surface area contributed by atoms with Gasteiger partial charge in [-0.2, -0.15) is 13.2 Å². The van der Waals surface area contributed by atoms with Crippen LogP contribution < -0.4 is 11.5 Å². The largest absolute Gasteiger partial charge is 0.416 e. The standard InChI is InChI=1S/C19H16F3N5/c20-19(21,22)12-7-5-11(6-8-12)16-15(9-10-23)27-14-4-2-1-3-13(14)25-17(24)18(27)26-16/h1-8H,9-10,23H2,(H2,24,25). The van der Waals surface area contributed by atoms with E-state index in [1.807, 2.05) is 28.7 Å². The van der Waals surface area contributed by atoms with E-state index in [0.717, 1.165) is 23.3 Å². The van der Waals surface area contributed by atoms with Gasteiger partial charge < -0.3 is 11.5 Å². The molecule has 27 heavy (non-hydrogen) atoms. The predicted octanol–water partition coefficient (Wildman–Crippen LogP) is 3.65. The van der Waals surface area contributed by atoms with E-state index in [0.29, 0.717) is 35.4 Å². The Bertz CT molecular complexity index is 1130. The number of benzene rings is 2. The molecule has 4 rings (SSSR count). The van der Waals surface area contributed by atoms with Crippen LogP contribution in [-0.4, -0.2) is 20.9 Å². The Morgan fingerprint density at radius 1 is 0.963 bits per heavy atom. The molecule has 0 fully saturated rings. The van der Waals surface area contributed by atoms with Gasteiger partial charge in [0, 0.05) is 12.0 Å². The third-order valence-corrected chi connectivity index (χ3v) is 4.43. The molecule has 0 saturated carbocycles. The maximum Gasteiger partial charge on any atom is 0.416 e. The van der Waals surface area contributed by atoms with Crippen LogP contribution in [0.15, 0.2) is 48.5 Å². The number of rotatable bonds is 3. The van der Waals surface area contributed by atoms with Crippen molar-refractivity contribution in [2.75, 3.05) is 12.3 Å². The first-order valence-electron chi connectivity index (χ1n) is 8.33. The van der Waals surface area contributed by atoms with Gasteiger partial charge in [-0.15, -0.1) is 0 Å². The Labute approximate surface area is 152 Å². The molecular formula is C19H16F3N5. The number of para-hydroxylation sites is 2. The number of hydrogen-bond acceptors (Lipinski definition) is 4. The normalized spacial score (nSPS) is 12.1. The maximum atomic E-state index is 12.9. The van der Waals surface area contributed by atoms with E-state index < -0.39 is 11.7 Å². The van der Waals surface area contributed by atoms with E-state index in [9.17, 15) is 13.2 Å². The lowest BCUT2D eigenvalue weighted by Crippen LogP contribution is -2.08. The van der Waals surface area contributed by atoms with Crippen molar-refractivity contribution >= 4 is 22.5 Å². The second-order valence-corrected chi connectivity index (χ2v) is 6.17. The number of imidazole rings is 1. The molecule has 138 valence electrons. The Hall–Kier alpha value is -3.13. The molecule has 0 aliphatic carbocycles. The van der Waals surface area contributed by atoms with Crippen LogP contribution in [0.2, 0.25) is 0 Å². The van der Waals surface area contributed by atoms with Crippen molar-refractivity contribution < 1.29 is 13.2 Å². The molecule has 4 aromatic rings. The Morgan fingerprint density at radius 3 is 2.33 bits per heavy atom. The topological polar surface area (TPSA) is 82.2 Å². The Morgan fingerprint density at radius 2 is 1.67 bits per heavy atom. The Balaban J connectivity index is 1.99. The highest BCUT2D eigenvalue weighted by Gasteiger charge is 2.30. The quantitative estimate of drug-likeness (QED) is 0.576. The van der Waals surface area contributed by atoms with Gasteiger partial charge in [-0.25, -0.2) is 9.97 Å². The second-order valence-electron chi connectivity index (χ2n) is 6.17. The fraction of sp³-hybridized carbons (Fsp3) is 0.158. The van der Waals surface area contributed by atoms with Crippen molar-refractivity contribution in [2.45, 2.75) is 12.6 Å². The molecule has 0 radical (unpaired) electrons. The minimum absolute atomic E-state index is 0.255. The van der Waals surface area contributed by atoms with Gasteiger partial charge in [0.15, 0.2) is 11.5 Å². The van der Waals surface area contributed by atoms with Crippen LogP contribution in [0.25, 0.3) is 27.9 Å². The fourth-order valence-electron chi connectivity index (χ4n) is 3.23. The minimum atomic E-state index is -4.39. The smallest absolute Gasteiger partial charge is 0.381 e. The van der Waals surface area contributed by atoms with Gasteiger partial charge in [-0.05, 0) is 30.8 Å². The number of nitrogens with two attached hydrogens (primary N) is 2. The van der Waals surface area contributed by atoms with Crippen molar-refractivity contribution in [1.29, 1.82) is 0 Å². The van der Waals surface area contributed by atoms with Gasteiger partial charge in [0.2, 0.25) is 0 Å². The summed E-state index contributed by atoms with van der Waals surface area (Å²) in [7, 11) is 0. The van der Waals surface area contributed by atoms with Gasteiger partial charge in [0.05, 0.1) is 28.0 Å². The lowest BCUT2D eigenvalue weighted by atomic mass is 10.1. The summed E-state index contributed by atoms with van der Waals surface area (Å²) in [6.45, 7) is 0.359. The number of fused-ring (bicyclic) bond motifs is 3. The van der Waals surface area contributed by atoms with Crippen LogP contribution in [0.4, 0.5) is 19.0 Å². The van der Waals surface area contributed by atoms with E-state index in [1.54, 1.807) is 0 Å². The van der Waals surface area contributed by atoms with E-state index in [1.165, 1.54) is 12.1 Å². The first-order valence-corrected chi connectivity index (χ1v) is 8.33. The molecule has 8 heteroatoms. The fourth-order valence-corrected chi connectivity index (χ4v) is 3.23. The van der Waals surface area contributed by atoms with E-state index in [2.05, 4.69) is 9.97 Å². The van der Waals surface area contributed by atoms with Crippen molar-refractivity contribution in [2.24, 2.45) is 5.73 Å². The van der Waals surface area contributed by atoms with Crippen molar-refractivity contribution in [3.8, 4) is 11.3 Å². The van der Waals surface area contributed by atoms with Crippen LogP contribution in [0.3, 0.4) is 0 Å². The van der Waals surface area contributed by atoms with Crippen molar-refractivity contribution in [3.05, 3.63) is 59.8 Å². The van der Waals surface area contributed by atoms with Crippen LogP contribution in [0, 0.1) is 0 Å². The number of aromatic nitrogens is 3. The van der Waals surface area contributed by atoms with E-state index >= 15 is 0 Å². The second kappa shape index (κ2) is 6.24. The van der Waals surface area contributed by atoms with Gasteiger partial charge in [-0.1, -0.05) is 24.3 Å². The summed E-state index contributed by atoms with van der Waals surface area (Å²) in [5.41, 5.74) is 15.1. The molecule has 0 aliphatic heterocycles. The molecule has 0 amide bonds. The number of halogens is 3. The first kappa shape index (κ1) is 17.3. The first-order chi connectivity index (χ1) is 12.9. The third-order valence-electron chi connectivity index (χ3n) is 4.43. The van der Waals surface area contributed by atoms with E-state index in [4.69, 9.17) is 11.5 Å². The lowest BCUT2D eigenvalue weighted by molar-refractivity contribution is -0.137. The number of nitrogen functional groups attached to an aromatic ring is 1. The molecular weight excluding hydrogens is 355 g/mol. The highest BCUT2D eigenvalue weighted by molar-refractivity contribution is 5.85. The lowest BCUT2D eigenvalue weighted by Gasteiger charge is -2.09. The summed E-state index contributed by atoms with van der Waals surface area (Å²) >= 11 is 0. The number of nitrogens with zero attached hydrogens (tertiary/aromatic N) is 3. The summed E-state index contributed by atoms with van der Waals surface area (Å²) in [5.74, 6) is 0.255. The summed E-state index contributed by atoms with van der Waals surface area (Å²) in [6, 6.07) is 12.4. The molecule has 2 heterocycles. The zero-order chi connectivity index (χ0) is 19.2. The summed E-state index contributed by atoms with van der Waals surface area (Å²) in [6.07, 6.45) is -3.90. The number of hydrogen-bond donors (Lipinski definition) is 2. The zero-order valence-electron chi connectivity index (χ0n) is 14.2. The van der Waals surface area contributed by atoms with Gasteiger partial charge >= 0.3 is 6.18 Å². The minimum Gasteiger partial charge on any atom is -0.381 e. The summed E-state index contributed by atoms with van der Waals surface area (Å²) < 4.78 is 40.5. The molecule has 0 unspecified atom stereocenters. The molecule has 0 saturated heterocycles. The third kappa shape index (κ3) is 2.87. The SMILES string of the molecule is NCCc1c(-c2ccc(C(F)(F)F)cc2)nc2c(N)nc3ccccc3n12. The molecule has 0 atom stereocenters. The highest BCUT2D eigenvalue weighted by Crippen LogP contribution is 2.33. The molecule has 0 spiro atoms. The van der Waals surface area contributed by atoms with Crippen LogP contribution in [-0.2, 0) is 12.6 Å².